The van der Waals surface area contributed by atoms with Crippen LogP contribution in [0, 0.1) is 11.8 Å². The molecule has 0 fully saturated rings. The van der Waals surface area contributed by atoms with Crippen LogP contribution in [0.5, 0.6) is 0 Å². The molecule has 0 aromatic carbocycles. The minimum atomic E-state index is -4.93. The van der Waals surface area contributed by atoms with Gasteiger partial charge in [0.15, 0.2) is 12.2 Å². The van der Waals surface area contributed by atoms with Gasteiger partial charge >= 0.3 is 39.5 Å². The molecule has 0 spiro atoms. The van der Waals surface area contributed by atoms with Crippen LogP contribution in [-0.4, -0.2) is 96.7 Å². The summed E-state index contributed by atoms with van der Waals surface area (Å²) >= 11 is 0. The third kappa shape index (κ3) is 50.1. The molecule has 3 unspecified atom stereocenters. The molecule has 0 aromatic heterocycles. The van der Waals surface area contributed by atoms with Crippen molar-refractivity contribution < 1.29 is 80.2 Å². The van der Waals surface area contributed by atoms with Gasteiger partial charge in [0.1, 0.15) is 19.3 Å². The summed E-state index contributed by atoms with van der Waals surface area (Å²) in [5.74, 6) is -0.729. The summed E-state index contributed by atoms with van der Waals surface area (Å²) < 4.78 is 67.5. The molecule has 0 aliphatic rings. The Morgan fingerprint density at radius 2 is 0.680 bits per heavy atom. The zero-order valence-corrected chi connectivity index (χ0v) is 49.6. The van der Waals surface area contributed by atoms with Gasteiger partial charge in [-0.2, -0.15) is 0 Å². The summed E-state index contributed by atoms with van der Waals surface area (Å²) in [6.07, 6.45) is 28.3. The zero-order chi connectivity index (χ0) is 55.8. The Bertz CT molecular complexity index is 1500. The van der Waals surface area contributed by atoms with E-state index >= 15 is 0 Å². The van der Waals surface area contributed by atoms with E-state index in [2.05, 4.69) is 41.5 Å². The van der Waals surface area contributed by atoms with Gasteiger partial charge in [-0.05, 0) is 37.5 Å². The molecular formula is C56H108O17P2. The Morgan fingerprint density at radius 1 is 0.387 bits per heavy atom. The standard InChI is InChI=1S/C56H108O17P2/c1-7-10-12-14-16-20-28-34-40-55(60)72-51(44-66-53(58)38-32-26-18-15-13-11-8-2)46-70-74(62,63)68-42-50(57)43-69-75(64,65)71-47-52(73-56(61)41-35-29-21-17-19-24-30-36-48(4)5)45-67-54(59)39-33-27-23-22-25-31-37-49(6)9-3/h48-52,57H,7-47H2,1-6H3,(H,62,63)(H,64,65)/t49?,50-,51+,52+/m0/s1. The second kappa shape index (κ2) is 49.1. The van der Waals surface area contributed by atoms with Gasteiger partial charge in [0.2, 0.25) is 0 Å². The van der Waals surface area contributed by atoms with Gasteiger partial charge in [-0.25, -0.2) is 9.13 Å². The fourth-order valence-corrected chi connectivity index (χ4v) is 9.66. The lowest BCUT2D eigenvalue weighted by Gasteiger charge is -2.21. The highest BCUT2D eigenvalue weighted by atomic mass is 31.2. The smallest absolute Gasteiger partial charge is 0.462 e. The fourth-order valence-electron chi connectivity index (χ4n) is 8.08. The Hall–Kier alpha value is -1.94. The van der Waals surface area contributed by atoms with Crippen molar-refractivity contribution in [2.24, 2.45) is 11.8 Å². The predicted molar refractivity (Wildman–Crippen MR) is 294 cm³/mol. The van der Waals surface area contributed by atoms with Crippen molar-refractivity contribution >= 4 is 39.5 Å². The Kier molecular flexibility index (Phi) is 47.9. The van der Waals surface area contributed by atoms with Gasteiger partial charge in [0, 0.05) is 25.7 Å². The maximum atomic E-state index is 12.9. The molecule has 0 saturated heterocycles. The van der Waals surface area contributed by atoms with Crippen LogP contribution in [0.25, 0.3) is 0 Å². The molecule has 444 valence electrons. The van der Waals surface area contributed by atoms with Gasteiger partial charge in [0.25, 0.3) is 0 Å². The SMILES string of the molecule is CCCCCCCCCCC(=O)O[C@H](COC(=O)CCCCCCCCC)COP(=O)(O)OC[C@H](O)COP(=O)(O)OC[C@@H](COC(=O)CCCCCCCCC(C)CC)OC(=O)CCCCCCCCCC(C)C. The number of aliphatic hydroxyl groups is 1. The Morgan fingerprint density at radius 3 is 1.01 bits per heavy atom. The Labute approximate surface area is 454 Å². The second-order valence-electron chi connectivity index (χ2n) is 21.0. The normalized spacial score (nSPS) is 14.9. The second-order valence-corrected chi connectivity index (χ2v) is 23.9. The van der Waals surface area contributed by atoms with Crippen LogP contribution in [0.15, 0.2) is 0 Å². The van der Waals surface area contributed by atoms with Crippen LogP contribution >= 0.6 is 15.6 Å². The molecule has 0 aromatic rings. The van der Waals surface area contributed by atoms with Crippen molar-refractivity contribution in [1.82, 2.24) is 0 Å². The molecular weight excluding hydrogens is 1010 g/mol. The summed E-state index contributed by atoms with van der Waals surface area (Å²) in [5.41, 5.74) is 0. The first kappa shape index (κ1) is 73.1. The molecule has 3 N–H and O–H groups in total. The molecule has 0 rings (SSSR count). The van der Waals surface area contributed by atoms with Crippen molar-refractivity contribution in [3.05, 3.63) is 0 Å². The molecule has 0 heterocycles. The van der Waals surface area contributed by atoms with E-state index in [1.54, 1.807) is 0 Å². The van der Waals surface area contributed by atoms with E-state index in [0.29, 0.717) is 31.6 Å². The molecule has 19 heteroatoms. The molecule has 0 bridgehead atoms. The number of phosphoric ester groups is 2. The quantitative estimate of drug-likeness (QED) is 0.0222. The maximum absolute atomic E-state index is 12.9. The van der Waals surface area contributed by atoms with Crippen LogP contribution in [0.1, 0.15) is 266 Å². The van der Waals surface area contributed by atoms with E-state index in [1.165, 1.54) is 57.8 Å². The van der Waals surface area contributed by atoms with Crippen molar-refractivity contribution in [2.45, 2.75) is 285 Å². The van der Waals surface area contributed by atoms with E-state index in [-0.39, 0.29) is 25.7 Å². The van der Waals surface area contributed by atoms with Gasteiger partial charge in [-0.1, -0.05) is 215 Å². The highest BCUT2D eigenvalue weighted by molar-refractivity contribution is 7.47. The van der Waals surface area contributed by atoms with Gasteiger partial charge < -0.3 is 33.8 Å². The van der Waals surface area contributed by atoms with Crippen LogP contribution < -0.4 is 0 Å². The summed E-state index contributed by atoms with van der Waals surface area (Å²) in [6, 6.07) is 0. The van der Waals surface area contributed by atoms with E-state index in [1.807, 2.05) is 0 Å². The number of unbranched alkanes of at least 4 members (excludes halogenated alkanes) is 24. The Balaban J connectivity index is 5.22. The number of esters is 4. The number of carbonyl (C=O) groups is 4. The number of hydrogen-bond acceptors (Lipinski definition) is 15. The summed E-state index contributed by atoms with van der Waals surface area (Å²) in [7, 11) is -9.86. The molecule has 17 nitrogen and oxygen atoms in total. The largest absolute Gasteiger partial charge is 0.472 e. The first-order chi connectivity index (χ1) is 35.9. The molecule has 0 saturated carbocycles. The van der Waals surface area contributed by atoms with Crippen LogP contribution in [0.2, 0.25) is 0 Å². The minimum Gasteiger partial charge on any atom is -0.462 e. The number of hydrogen-bond donors (Lipinski definition) is 3. The van der Waals surface area contributed by atoms with Crippen molar-refractivity contribution in [3.63, 3.8) is 0 Å². The molecule has 0 amide bonds. The third-order valence-electron chi connectivity index (χ3n) is 13.1. The first-order valence-corrected chi connectivity index (χ1v) is 32.5. The molecule has 6 atom stereocenters. The summed E-state index contributed by atoms with van der Waals surface area (Å²) in [4.78, 5) is 71.6. The lowest BCUT2D eigenvalue weighted by Crippen LogP contribution is -2.30. The van der Waals surface area contributed by atoms with Gasteiger partial charge in [0.05, 0.1) is 26.4 Å². The van der Waals surface area contributed by atoms with Crippen LogP contribution in [0.4, 0.5) is 0 Å². The van der Waals surface area contributed by atoms with E-state index in [9.17, 15) is 43.2 Å². The number of rotatable bonds is 55. The van der Waals surface area contributed by atoms with E-state index in [4.69, 9.17) is 37.0 Å². The number of phosphoric acid groups is 2. The zero-order valence-electron chi connectivity index (χ0n) is 47.8. The average Bonchev–Trinajstić information content (AvgIpc) is 3.37. The monoisotopic (exact) mass is 1110 g/mol. The lowest BCUT2D eigenvalue weighted by atomic mass is 10.00. The highest BCUT2D eigenvalue weighted by Crippen LogP contribution is 2.45. The third-order valence-corrected chi connectivity index (χ3v) is 15.0. The van der Waals surface area contributed by atoms with Crippen molar-refractivity contribution in [2.75, 3.05) is 39.6 Å². The number of carbonyl (C=O) groups excluding carboxylic acids is 4. The highest BCUT2D eigenvalue weighted by Gasteiger charge is 2.30. The van der Waals surface area contributed by atoms with Crippen LogP contribution in [-0.2, 0) is 65.4 Å². The van der Waals surface area contributed by atoms with E-state index < -0.39 is 97.5 Å². The number of ether oxygens (including phenoxy) is 4. The minimum absolute atomic E-state index is 0.102. The number of aliphatic hydroxyl groups excluding tert-OH is 1. The molecule has 0 aliphatic heterocycles. The maximum Gasteiger partial charge on any atom is 0.472 e. The topological polar surface area (TPSA) is 237 Å². The van der Waals surface area contributed by atoms with Crippen LogP contribution in [0.3, 0.4) is 0 Å². The van der Waals surface area contributed by atoms with Crippen molar-refractivity contribution in [3.8, 4) is 0 Å². The predicted octanol–water partition coefficient (Wildman–Crippen LogP) is 14.5. The summed E-state index contributed by atoms with van der Waals surface area (Å²) in [6.45, 7) is 9.25. The lowest BCUT2D eigenvalue weighted by molar-refractivity contribution is -0.161. The molecule has 0 aliphatic carbocycles. The summed E-state index contributed by atoms with van der Waals surface area (Å²) in [5, 5.41) is 10.5. The average molecular weight is 1120 g/mol. The molecule has 75 heavy (non-hydrogen) atoms. The molecule has 0 radical (unpaired) electrons. The fraction of sp³-hybridized carbons (Fsp3) is 0.929. The first-order valence-electron chi connectivity index (χ1n) is 29.5. The van der Waals surface area contributed by atoms with Crippen molar-refractivity contribution in [1.29, 1.82) is 0 Å². The van der Waals surface area contributed by atoms with E-state index in [0.717, 1.165) is 121 Å². The van der Waals surface area contributed by atoms with Gasteiger partial charge in [-0.15, -0.1) is 0 Å². The van der Waals surface area contributed by atoms with Gasteiger partial charge in [-0.3, -0.25) is 37.3 Å².